The van der Waals surface area contributed by atoms with E-state index in [1.165, 1.54) is 38.5 Å². The van der Waals surface area contributed by atoms with E-state index in [-0.39, 0.29) is 0 Å². The minimum absolute atomic E-state index is 0.634. The van der Waals surface area contributed by atoms with Gasteiger partial charge in [-0.15, -0.1) is 0 Å². The van der Waals surface area contributed by atoms with Crippen LogP contribution in [0.1, 0.15) is 66.2 Å². The van der Waals surface area contributed by atoms with Gasteiger partial charge >= 0.3 is 0 Å². The fourth-order valence-electron chi connectivity index (χ4n) is 1.66. The molecule has 102 valence electrons. The van der Waals surface area contributed by atoms with Crippen LogP contribution < -0.4 is 5.43 Å². The van der Waals surface area contributed by atoms with Crippen molar-refractivity contribution < 1.29 is 0 Å². The van der Waals surface area contributed by atoms with E-state index in [0.29, 0.717) is 5.92 Å². The van der Waals surface area contributed by atoms with E-state index in [0.717, 1.165) is 19.0 Å². The fraction of sp³-hybridized carbons (Fsp3) is 1.00. The monoisotopic (exact) mass is 241 g/mol. The number of hydrogen-bond donors (Lipinski definition) is 1. The molecular formula is C14H31N3. The maximum Gasteiger partial charge on any atom is 0.0648 e. The molecule has 3 nitrogen and oxygen atoms in total. The van der Waals surface area contributed by atoms with Crippen molar-refractivity contribution in [3.63, 3.8) is 0 Å². The van der Waals surface area contributed by atoms with Crippen molar-refractivity contribution in [3.8, 4) is 0 Å². The third-order valence-corrected chi connectivity index (χ3v) is 3.52. The first-order valence-corrected chi connectivity index (χ1v) is 7.31. The Labute approximate surface area is 107 Å². The Morgan fingerprint density at radius 2 is 1.65 bits per heavy atom. The summed E-state index contributed by atoms with van der Waals surface area (Å²) in [7, 11) is 0. The summed E-state index contributed by atoms with van der Waals surface area (Å²) in [6.45, 7) is 10.8. The minimum Gasteiger partial charge on any atom is -0.292 e. The van der Waals surface area contributed by atoms with Crippen molar-refractivity contribution in [1.29, 1.82) is 0 Å². The predicted octanol–water partition coefficient (Wildman–Crippen LogP) is 4.60. The van der Waals surface area contributed by atoms with Crippen LogP contribution in [-0.4, -0.2) is 13.1 Å². The molecule has 0 aromatic rings. The number of unbranched alkanes of at least 4 members (excludes halogenated alkanes) is 4. The van der Waals surface area contributed by atoms with E-state index in [1.807, 2.05) is 0 Å². The van der Waals surface area contributed by atoms with Crippen LogP contribution in [0.25, 0.3) is 0 Å². The van der Waals surface area contributed by atoms with Crippen molar-refractivity contribution in [3.05, 3.63) is 0 Å². The molecule has 0 aliphatic heterocycles. The van der Waals surface area contributed by atoms with Gasteiger partial charge in [-0.25, -0.2) is 0 Å². The minimum atomic E-state index is 0.634. The average Bonchev–Trinajstić information content (AvgIpc) is 2.35. The van der Waals surface area contributed by atoms with Crippen molar-refractivity contribution in [2.75, 3.05) is 13.1 Å². The van der Waals surface area contributed by atoms with Crippen LogP contribution in [0.4, 0.5) is 0 Å². The molecule has 3 heteroatoms. The Morgan fingerprint density at radius 3 is 2.29 bits per heavy atom. The summed E-state index contributed by atoms with van der Waals surface area (Å²) in [6, 6.07) is 0. The van der Waals surface area contributed by atoms with Crippen LogP contribution in [0.3, 0.4) is 0 Å². The highest BCUT2D eigenvalue weighted by Crippen LogP contribution is 2.14. The van der Waals surface area contributed by atoms with Gasteiger partial charge in [0.1, 0.15) is 0 Å². The molecule has 0 bridgehead atoms. The molecule has 0 spiro atoms. The molecule has 1 N–H and O–H groups in total. The van der Waals surface area contributed by atoms with Gasteiger partial charge in [0, 0.05) is 6.54 Å². The summed E-state index contributed by atoms with van der Waals surface area (Å²) < 4.78 is 0. The summed E-state index contributed by atoms with van der Waals surface area (Å²) in [6.07, 6.45) is 7.75. The van der Waals surface area contributed by atoms with Gasteiger partial charge in [-0.2, -0.15) is 5.11 Å². The molecule has 0 aromatic carbocycles. The van der Waals surface area contributed by atoms with E-state index in [4.69, 9.17) is 0 Å². The lowest BCUT2D eigenvalue weighted by atomic mass is 9.94. The van der Waals surface area contributed by atoms with E-state index >= 15 is 0 Å². The highest BCUT2D eigenvalue weighted by molar-refractivity contribution is 4.61. The van der Waals surface area contributed by atoms with Crippen LogP contribution >= 0.6 is 0 Å². The van der Waals surface area contributed by atoms with Crippen LogP contribution in [-0.2, 0) is 0 Å². The Balaban J connectivity index is 3.30. The van der Waals surface area contributed by atoms with E-state index in [9.17, 15) is 0 Å². The van der Waals surface area contributed by atoms with Crippen LogP contribution in [0.5, 0.6) is 0 Å². The molecule has 0 saturated heterocycles. The Morgan fingerprint density at radius 1 is 0.941 bits per heavy atom. The molecule has 0 aliphatic rings. The van der Waals surface area contributed by atoms with Gasteiger partial charge in [-0.05, 0) is 18.3 Å². The first-order valence-electron chi connectivity index (χ1n) is 7.31. The van der Waals surface area contributed by atoms with E-state index in [1.54, 1.807) is 0 Å². The van der Waals surface area contributed by atoms with Crippen molar-refractivity contribution in [2.45, 2.75) is 66.2 Å². The zero-order valence-electron chi connectivity index (χ0n) is 12.2. The second kappa shape index (κ2) is 11.9. The third kappa shape index (κ3) is 10.3. The van der Waals surface area contributed by atoms with E-state index in [2.05, 4.69) is 43.5 Å². The largest absolute Gasteiger partial charge is 0.292 e. The number of nitrogens with one attached hydrogen (secondary N) is 1. The molecule has 0 radical (unpaired) electrons. The standard InChI is InChI=1S/C14H31N3/c1-5-7-8-9-10-11-15-17-16-12-14(4)13(3)6-2/h13-14H,5-12H2,1-4H3,(H,15,16)/t13-,14+/m0/s1. The molecule has 0 amide bonds. The number of rotatable bonds is 11. The van der Waals surface area contributed by atoms with Crippen molar-refractivity contribution in [2.24, 2.45) is 22.2 Å². The van der Waals surface area contributed by atoms with E-state index < -0.39 is 0 Å². The summed E-state index contributed by atoms with van der Waals surface area (Å²) in [5.41, 5.74) is 3.03. The van der Waals surface area contributed by atoms with Gasteiger partial charge in [0.25, 0.3) is 0 Å². The van der Waals surface area contributed by atoms with Gasteiger partial charge < -0.3 is 0 Å². The highest BCUT2D eigenvalue weighted by atomic mass is 15.4. The molecule has 0 aliphatic carbocycles. The topological polar surface area (TPSA) is 36.8 Å². The lowest BCUT2D eigenvalue weighted by Crippen LogP contribution is -2.11. The highest BCUT2D eigenvalue weighted by Gasteiger charge is 2.08. The molecule has 0 saturated carbocycles. The van der Waals surface area contributed by atoms with Crippen LogP contribution in [0.15, 0.2) is 10.3 Å². The second-order valence-electron chi connectivity index (χ2n) is 5.11. The number of nitrogens with zero attached hydrogens (tertiary/aromatic N) is 2. The van der Waals surface area contributed by atoms with Gasteiger partial charge in [-0.1, -0.05) is 65.0 Å². The molecule has 0 aromatic heterocycles. The van der Waals surface area contributed by atoms with Crippen LogP contribution in [0.2, 0.25) is 0 Å². The summed E-state index contributed by atoms with van der Waals surface area (Å²) in [4.78, 5) is 0. The number of hydrogen-bond acceptors (Lipinski definition) is 2. The Bertz CT molecular complexity index is 180. The SMILES string of the molecule is CCCCCCCNN=NC[C@@H](C)[C@@H](C)CC. The Kier molecular flexibility index (Phi) is 11.5. The van der Waals surface area contributed by atoms with Crippen molar-refractivity contribution in [1.82, 2.24) is 5.43 Å². The van der Waals surface area contributed by atoms with Gasteiger partial charge in [0.2, 0.25) is 0 Å². The normalized spacial score (nSPS) is 15.1. The van der Waals surface area contributed by atoms with Gasteiger partial charge in [0.15, 0.2) is 0 Å². The molecular weight excluding hydrogens is 210 g/mol. The quantitative estimate of drug-likeness (QED) is 0.320. The predicted molar refractivity (Wildman–Crippen MR) is 75.1 cm³/mol. The lowest BCUT2D eigenvalue weighted by Gasteiger charge is -2.14. The maximum absolute atomic E-state index is 4.19. The molecule has 0 unspecified atom stereocenters. The average molecular weight is 241 g/mol. The summed E-state index contributed by atoms with van der Waals surface area (Å²) in [5, 5.41) is 8.21. The zero-order valence-corrected chi connectivity index (χ0v) is 12.2. The Hall–Kier alpha value is -0.600. The van der Waals surface area contributed by atoms with Crippen LogP contribution in [0, 0.1) is 11.8 Å². The first-order chi connectivity index (χ1) is 8.22. The molecule has 17 heavy (non-hydrogen) atoms. The summed E-state index contributed by atoms with van der Waals surface area (Å²) >= 11 is 0. The molecule has 0 rings (SSSR count). The molecule has 2 atom stereocenters. The lowest BCUT2D eigenvalue weighted by molar-refractivity contribution is 0.378. The maximum atomic E-state index is 4.19. The fourth-order valence-corrected chi connectivity index (χ4v) is 1.66. The zero-order chi connectivity index (χ0) is 12.9. The second-order valence-corrected chi connectivity index (χ2v) is 5.11. The van der Waals surface area contributed by atoms with Gasteiger partial charge in [0.05, 0.1) is 6.54 Å². The molecule has 0 fully saturated rings. The third-order valence-electron chi connectivity index (χ3n) is 3.52. The summed E-state index contributed by atoms with van der Waals surface area (Å²) in [5.74, 6) is 1.37. The smallest absolute Gasteiger partial charge is 0.0648 e. The van der Waals surface area contributed by atoms with Crippen molar-refractivity contribution >= 4 is 0 Å². The first kappa shape index (κ1) is 16.4. The van der Waals surface area contributed by atoms with Gasteiger partial charge in [-0.3, -0.25) is 5.43 Å². The molecule has 0 heterocycles.